The lowest BCUT2D eigenvalue weighted by molar-refractivity contribution is -0.150. The number of aliphatic hydroxyl groups is 1. The van der Waals surface area contributed by atoms with Crippen molar-refractivity contribution in [2.45, 2.75) is 56.8 Å². The highest BCUT2D eigenvalue weighted by Crippen LogP contribution is 2.60. The molecule has 2 heterocycles. The van der Waals surface area contributed by atoms with Crippen LogP contribution in [0.4, 0.5) is 9.80 Å². The van der Waals surface area contributed by atoms with Crippen molar-refractivity contribution in [3.8, 4) is 0 Å². The zero-order chi connectivity index (χ0) is 30.2. The summed E-state index contributed by atoms with van der Waals surface area (Å²) in [6, 6.07) is 23.3. The number of nitrogens with zero attached hydrogens (tertiary/aromatic N) is 2. The number of hydrogen-bond acceptors (Lipinski definition) is 4. The summed E-state index contributed by atoms with van der Waals surface area (Å²) in [5.41, 5.74) is 1.36. The van der Waals surface area contributed by atoms with Gasteiger partial charge in [0.05, 0.1) is 31.4 Å². The molecular weight excluding hydrogens is 730 g/mol. The molecule has 0 radical (unpaired) electrons. The van der Waals surface area contributed by atoms with E-state index in [2.05, 4.69) is 38.5 Å². The molecule has 10 heteroatoms. The van der Waals surface area contributed by atoms with E-state index in [0.717, 1.165) is 24.9 Å². The van der Waals surface area contributed by atoms with Crippen LogP contribution in [-0.4, -0.2) is 49.5 Å². The van der Waals surface area contributed by atoms with Crippen LogP contribution in [0.3, 0.4) is 0 Å². The molecule has 0 aromatic heterocycles. The number of fused-ring (bicyclic) bond motifs is 2. The third-order valence-corrected chi connectivity index (χ3v) is 12.1. The molecule has 3 aromatic rings. The summed E-state index contributed by atoms with van der Waals surface area (Å²) in [5, 5.41) is 9.72. The summed E-state index contributed by atoms with van der Waals surface area (Å²) >= 11 is 5.83. The van der Waals surface area contributed by atoms with E-state index in [1.165, 1.54) is 0 Å². The van der Waals surface area contributed by atoms with Gasteiger partial charge >= 0.3 is 0 Å². The highest BCUT2D eigenvalue weighted by molar-refractivity contribution is 14.1. The summed E-state index contributed by atoms with van der Waals surface area (Å²) in [6.07, 6.45) is -0.859. The van der Waals surface area contributed by atoms with Crippen LogP contribution in [0.1, 0.15) is 30.0 Å². The molecule has 2 aliphatic rings. The van der Waals surface area contributed by atoms with Crippen molar-refractivity contribution >= 4 is 64.4 Å². The van der Waals surface area contributed by atoms with Crippen molar-refractivity contribution in [2.24, 2.45) is 5.92 Å². The van der Waals surface area contributed by atoms with Gasteiger partial charge in [0.2, 0.25) is 14.3 Å². The second-order valence-corrected chi connectivity index (χ2v) is 17.6. The molecule has 1 N–H and O–H groups in total. The Labute approximate surface area is 269 Å². The van der Waals surface area contributed by atoms with Crippen LogP contribution < -0.4 is 4.90 Å². The number of aliphatic hydroxyl groups excluding tert-OH is 1. The lowest BCUT2D eigenvalue weighted by Crippen LogP contribution is -2.45. The molecule has 2 aliphatic heterocycles. The van der Waals surface area contributed by atoms with Gasteiger partial charge in [0.1, 0.15) is 0 Å². The molecule has 42 heavy (non-hydrogen) atoms. The van der Waals surface area contributed by atoms with E-state index in [4.69, 9.17) is 4.74 Å². The Morgan fingerprint density at radius 1 is 1.12 bits per heavy atom. The molecule has 6 nitrogen and oxygen atoms in total. The van der Waals surface area contributed by atoms with E-state index in [1.54, 1.807) is 22.9 Å². The van der Waals surface area contributed by atoms with Crippen molar-refractivity contribution in [2.75, 3.05) is 18.1 Å². The second kappa shape index (κ2) is 12.5. The maximum absolute atomic E-state index is 16.2. The van der Waals surface area contributed by atoms with Gasteiger partial charge in [0.15, 0.2) is 5.60 Å². The number of hydrogen-bond donors (Lipinski definition) is 1. The van der Waals surface area contributed by atoms with Crippen molar-refractivity contribution < 1.29 is 23.5 Å². The van der Waals surface area contributed by atoms with Crippen molar-refractivity contribution in [1.29, 1.82) is 0 Å². The lowest BCUT2D eigenvalue weighted by Gasteiger charge is -2.31. The van der Waals surface area contributed by atoms with Crippen LogP contribution in [0, 0.1) is 9.49 Å². The number of anilines is 1. The topological polar surface area (TPSA) is 70.1 Å². The largest absolute Gasteiger partial charge is 0.395 e. The summed E-state index contributed by atoms with van der Waals surface area (Å²) in [4.78, 5) is 31.6. The summed E-state index contributed by atoms with van der Waals surface area (Å²) in [5.74, 6) is -0.957. The van der Waals surface area contributed by atoms with Gasteiger partial charge < -0.3 is 23.8 Å². The van der Waals surface area contributed by atoms with Crippen LogP contribution in [0.25, 0.3) is 0 Å². The molecule has 3 aromatic carbocycles. The first kappa shape index (κ1) is 31.3. The molecule has 1 spiro atoms. The molecule has 0 unspecified atom stereocenters. The number of carbonyl (C=O) groups is 2. The van der Waals surface area contributed by atoms with Crippen molar-refractivity contribution in [1.82, 2.24) is 4.90 Å². The zero-order valence-electron chi connectivity index (χ0n) is 23.9. The SMILES string of the molecule is C[C@@H]1[C@@H]([Si](C)(C)F)[C@H](CC(=O)N(CCO)Cc2ccccc2)O[C@@]12C(=O)N(Cc1cccc(I)c1)c1ccc(Br)cc12. The van der Waals surface area contributed by atoms with Crippen LogP contribution in [-0.2, 0) is 33.0 Å². The average Bonchev–Trinajstić information content (AvgIpc) is 3.35. The fourth-order valence-electron chi connectivity index (χ4n) is 6.71. The van der Waals surface area contributed by atoms with E-state index in [1.807, 2.05) is 79.7 Å². The van der Waals surface area contributed by atoms with E-state index in [9.17, 15) is 14.7 Å². The van der Waals surface area contributed by atoms with E-state index in [-0.39, 0.29) is 31.4 Å². The summed E-state index contributed by atoms with van der Waals surface area (Å²) in [6.45, 7) is 5.81. The number of carbonyl (C=O) groups excluding carboxylic acids is 2. The van der Waals surface area contributed by atoms with Crippen LogP contribution in [0.5, 0.6) is 0 Å². The van der Waals surface area contributed by atoms with Gasteiger partial charge in [-0.05, 0) is 77.1 Å². The molecule has 0 aliphatic carbocycles. The average molecular weight is 766 g/mol. The van der Waals surface area contributed by atoms with Gasteiger partial charge in [-0.15, -0.1) is 0 Å². The molecule has 0 saturated carbocycles. The number of rotatable bonds is 9. The van der Waals surface area contributed by atoms with Gasteiger partial charge in [-0.3, -0.25) is 9.59 Å². The minimum Gasteiger partial charge on any atom is -0.395 e. The Morgan fingerprint density at radius 2 is 1.83 bits per heavy atom. The number of benzene rings is 3. The Hall–Kier alpha value is -2.12. The van der Waals surface area contributed by atoms with E-state index < -0.39 is 31.6 Å². The van der Waals surface area contributed by atoms with Crippen LogP contribution >= 0.6 is 38.5 Å². The molecular formula is C32H35BrFIN2O4Si. The Kier molecular flexibility index (Phi) is 9.30. The number of halogens is 3. The molecule has 0 bridgehead atoms. The minimum atomic E-state index is -3.43. The van der Waals surface area contributed by atoms with Gasteiger partial charge in [-0.2, -0.15) is 0 Å². The Morgan fingerprint density at radius 3 is 2.50 bits per heavy atom. The number of ether oxygens (including phenoxy) is 1. The normalized spacial score (nSPS) is 23.5. The highest BCUT2D eigenvalue weighted by Gasteiger charge is 2.67. The maximum atomic E-state index is 16.2. The molecule has 1 saturated heterocycles. The zero-order valence-corrected chi connectivity index (χ0v) is 28.6. The second-order valence-electron chi connectivity index (χ2n) is 11.7. The predicted octanol–water partition coefficient (Wildman–Crippen LogP) is 6.79. The van der Waals surface area contributed by atoms with Crippen LogP contribution in [0.2, 0.25) is 18.6 Å². The first-order valence-corrected chi connectivity index (χ1v) is 18.9. The minimum absolute atomic E-state index is 0.0720. The molecule has 2 amide bonds. The van der Waals surface area contributed by atoms with Gasteiger partial charge in [0, 0.05) is 38.2 Å². The van der Waals surface area contributed by atoms with Crippen molar-refractivity contribution in [3.05, 3.63) is 97.5 Å². The fraction of sp³-hybridized carbons (Fsp3) is 0.375. The maximum Gasteiger partial charge on any atom is 0.264 e. The van der Waals surface area contributed by atoms with Crippen molar-refractivity contribution in [3.63, 3.8) is 0 Å². The highest BCUT2D eigenvalue weighted by atomic mass is 127. The molecule has 4 atom stereocenters. The molecule has 5 rings (SSSR count). The third kappa shape index (κ3) is 5.97. The standard InChI is InChI=1S/C32H35BrFIN2O4Si/c1-21-30(42(2,3)34)28(18-29(39)36(14-15-38)19-22-8-5-4-6-9-22)41-32(21)26-17-24(33)12-13-27(26)37(31(32)40)20-23-10-7-11-25(35)16-23/h4-13,16-17,21,28,30,38H,14-15,18-20H2,1-3H3/t21-,28+,30-,32+/m1/s1. The smallest absolute Gasteiger partial charge is 0.264 e. The van der Waals surface area contributed by atoms with Gasteiger partial charge in [0.25, 0.3) is 5.91 Å². The predicted molar refractivity (Wildman–Crippen MR) is 176 cm³/mol. The molecule has 1 fully saturated rings. The van der Waals surface area contributed by atoms with Gasteiger partial charge in [-0.1, -0.05) is 65.3 Å². The Bertz CT molecular complexity index is 1470. The van der Waals surface area contributed by atoms with Crippen LogP contribution in [0.15, 0.2) is 77.3 Å². The Balaban J connectivity index is 1.51. The molecule has 222 valence electrons. The first-order valence-electron chi connectivity index (χ1n) is 14.1. The quantitative estimate of drug-likeness (QED) is 0.148. The first-order chi connectivity index (χ1) is 20.0. The van der Waals surface area contributed by atoms with Gasteiger partial charge in [-0.25, -0.2) is 0 Å². The summed E-state index contributed by atoms with van der Waals surface area (Å²) < 4.78 is 24.8. The van der Waals surface area contributed by atoms with E-state index in [0.29, 0.717) is 18.7 Å². The third-order valence-electron chi connectivity index (χ3n) is 8.47. The van der Waals surface area contributed by atoms with E-state index >= 15 is 4.11 Å². The number of amides is 2. The summed E-state index contributed by atoms with van der Waals surface area (Å²) in [7, 11) is -3.43. The monoisotopic (exact) mass is 764 g/mol. The fourth-order valence-corrected chi connectivity index (χ4v) is 10.2. The lowest BCUT2D eigenvalue weighted by atomic mass is 9.82.